The first-order valence-corrected chi connectivity index (χ1v) is 8.93. The van der Waals surface area contributed by atoms with E-state index in [2.05, 4.69) is 44.9 Å². The fourth-order valence-corrected chi connectivity index (χ4v) is 2.90. The van der Waals surface area contributed by atoms with Crippen molar-refractivity contribution < 1.29 is 14.1 Å². The summed E-state index contributed by atoms with van der Waals surface area (Å²) in [5.41, 5.74) is 0.512. The highest BCUT2D eigenvalue weighted by Gasteiger charge is 2.49. The molecular weight excluding hydrogens is 301 g/mol. The third-order valence-electron chi connectivity index (χ3n) is 5.15. The van der Waals surface area contributed by atoms with Crippen molar-refractivity contribution in [1.29, 1.82) is 0 Å². The smallest absolute Gasteiger partial charge is 0.406 e. The average Bonchev–Trinajstić information content (AvgIpc) is 2.75. The number of piperidine rings is 1. The Morgan fingerprint density at radius 2 is 1.54 bits per heavy atom. The molecule has 2 aliphatic heterocycles. The van der Waals surface area contributed by atoms with Crippen LogP contribution in [0.3, 0.4) is 0 Å². The predicted octanol–water partition coefficient (Wildman–Crippen LogP) is 4.11. The number of hydrogen-bond donors (Lipinski definition) is 0. The summed E-state index contributed by atoms with van der Waals surface area (Å²) >= 11 is 0. The van der Waals surface area contributed by atoms with Gasteiger partial charge in [0, 0.05) is 13.1 Å². The molecule has 2 aliphatic rings. The normalized spacial score (nSPS) is 23.8. The topological polar surface area (TPSA) is 30.9 Å². The monoisotopic (exact) mass is 329 g/mol. The Labute approximate surface area is 145 Å². The van der Waals surface area contributed by atoms with E-state index in [0.29, 0.717) is 0 Å². The first kappa shape index (κ1) is 17.5. The van der Waals surface area contributed by atoms with Gasteiger partial charge in [0.25, 0.3) is 0 Å². The molecule has 0 aliphatic carbocycles. The summed E-state index contributed by atoms with van der Waals surface area (Å²) in [5.74, 6) is 2.86. The minimum absolute atomic E-state index is 0.297. The van der Waals surface area contributed by atoms with Crippen molar-refractivity contribution in [2.75, 3.05) is 13.1 Å². The Morgan fingerprint density at radius 1 is 0.958 bits per heavy atom. The molecule has 0 bridgehead atoms. The molecule has 0 atom stereocenters. The number of hydroxylamine groups is 2. The lowest BCUT2D eigenvalue weighted by atomic mass is 9.89. The second kappa shape index (κ2) is 6.91. The van der Waals surface area contributed by atoms with E-state index in [1.165, 1.54) is 19.3 Å². The van der Waals surface area contributed by atoms with Gasteiger partial charge >= 0.3 is 7.12 Å². The molecule has 0 N–H and O–H groups in total. The summed E-state index contributed by atoms with van der Waals surface area (Å²) in [6.45, 7) is 10.3. The zero-order valence-electron chi connectivity index (χ0n) is 15.2. The fourth-order valence-electron chi connectivity index (χ4n) is 2.90. The van der Waals surface area contributed by atoms with Gasteiger partial charge in [-0.2, -0.15) is 0 Å². The average molecular weight is 329 g/mol. The van der Waals surface area contributed by atoms with E-state index >= 15 is 0 Å². The van der Waals surface area contributed by atoms with Gasteiger partial charge < -0.3 is 14.1 Å². The summed E-state index contributed by atoms with van der Waals surface area (Å²) < 4.78 is 11.9. The van der Waals surface area contributed by atoms with Crippen molar-refractivity contribution in [1.82, 2.24) is 5.06 Å². The van der Waals surface area contributed by atoms with Crippen LogP contribution >= 0.6 is 0 Å². The van der Waals surface area contributed by atoms with E-state index in [1.807, 2.05) is 24.2 Å². The summed E-state index contributed by atoms with van der Waals surface area (Å²) in [5, 5.41) is 2.05. The largest absolute Gasteiger partial charge is 0.487 e. The van der Waals surface area contributed by atoms with E-state index in [4.69, 9.17) is 14.1 Å². The molecule has 4 nitrogen and oxygen atoms in total. The zero-order chi connectivity index (χ0) is 17.2. The van der Waals surface area contributed by atoms with Gasteiger partial charge in [0.1, 0.15) is 5.75 Å². The minimum Gasteiger partial charge on any atom is -0.406 e. The Bertz CT molecular complexity index is 561. The highest BCUT2D eigenvalue weighted by Crippen LogP contribution is 2.37. The quantitative estimate of drug-likeness (QED) is 0.778. The molecule has 2 heterocycles. The summed E-state index contributed by atoms with van der Waals surface area (Å²) in [6.07, 6.45) is 5.78. The zero-order valence-corrected chi connectivity index (χ0v) is 15.2. The van der Waals surface area contributed by atoms with Crippen LogP contribution in [-0.2, 0) is 9.31 Å². The number of hydrogen-bond acceptors (Lipinski definition) is 4. The molecule has 0 unspecified atom stereocenters. The molecule has 0 saturated carbocycles. The van der Waals surface area contributed by atoms with E-state index < -0.39 is 0 Å². The molecular formula is C19H28BNO3. The third-order valence-corrected chi connectivity index (χ3v) is 5.15. The standard InChI is InChI=1S/C19H28BNO3/c1-18(2)19(3,4)24-20(23-18)13-12-16-8-10-17(11-9-16)22-21-14-6-5-7-15-21/h8-13H,5-7,14-15H2,1-4H3. The van der Waals surface area contributed by atoms with Gasteiger partial charge in [0.05, 0.1) is 11.2 Å². The first-order valence-electron chi connectivity index (χ1n) is 8.93. The first-order chi connectivity index (χ1) is 11.4. The van der Waals surface area contributed by atoms with Crippen molar-refractivity contribution >= 4 is 13.2 Å². The van der Waals surface area contributed by atoms with Crippen LogP contribution in [0.1, 0.15) is 52.5 Å². The second-order valence-corrected chi connectivity index (χ2v) is 7.63. The highest BCUT2D eigenvalue weighted by atomic mass is 16.7. The molecule has 0 spiro atoms. The van der Waals surface area contributed by atoms with Crippen LogP contribution in [0.2, 0.25) is 0 Å². The Kier molecular flexibility index (Phi) is 5.04. The Balaban J connectivity index is 1.56. The van der Waals surface area contributed by atoms with E-state index in [1.54, 1.807) is 0 Å². The molecule has 5 heteroatoms. The Morgan fingerprint density at radius 3 is 2.12 bits per heavy atom. The molecule has 0 aromatic heterocycles. The van der Waals surface area contributed by atoms with E-state index in [-0.39, 0.29) is 18.3 Å². The fraction of sp³-hybridized carbons (Fsp3) is 0.579. The second-order valence-electron chi connectivity index (χ2n) is 7.63. The van der Waals surface area contributed by atoms with Gasteiger partial charge in [-0.1, -0.05) is 30.6 Å². The van der Waals surface area contributed by atoms with Gasteiger partial charge in [-0.3, -0.25) is 0 Å². The summed E-state index contributed by atoms with van der Waals surface area (Å²) in [4.78, 5) is 5.90. The van der Waals surface area contributed by atoms with Gasteiger partial charge in [-0.25, -0.2) is 0 Å². The lowest BCUT2D eigenvalue weighted by Crippen LogP contribution is -2.41. The van der Waals surface area contributed by atoms with E-state index in [0.717, 1.165) is 24.4 Å². The maximum atomic E-state index is 5.97. The Hall–Kier alpha value is -1.30. The SMILES string of the molecule is CC1(C)OB(C=Cc2ccc(ON3CCCCC3)cc2)OC1(C)C. The third kappa shape index (κ3) is 4.02. The van der Waals surface area contributed by atoms with Crippen molar-refractivity contribution in [3.05, 3.63) is 35.8 Å². The van der Waals surface area contributed by atoms with Crippen LogP contribution in [0.5, 0.6) is 5.75 Å². The number of rotatable bonds is 4. The van der Waals surface area contributed by atoms with Crippen LogP contribution in [0.4, 0.5) is 0 Å². The van der Waals surface area contributed by atoms with Crippen molar-refractivity contribution in [3.8, 4) is 5.75 Å². The van der Waals surface area contributed by atoms with Gasteiger partial charge in [-0.05, 0) is 58.2 Å². The van der Waals surface area contributed by atoms with Crippen LogP contribution < -0.4 is 4.84 Å². The summed E-state index contributed by atoms with van der Waals surface area (Å²) in [7, 11) is -0.306. The molecule has 1 aromatic rings. The van der Waals surface area contributed by atoms with Crippen LogP contribution in [-0.4, -0.2) is 36.5 Å². The highest BCUT2D eigenvalue weighted by molar-refractivity contribution is 6.52. The van der Waals surface area contributed by atoms with Crippen molar-refractivity contribution in [2.24, 2.45) is 0 Å². The molecule has 2 fully saturated rings. The summed E-state index contributed by atoms with van der Waals surface area (Å²) in [6, 6.07) is 8.14. The van der Waals surface area contributed by atoms with Crippen LogP contribution in [0.25, 0.3) is 6.08 Å². The molecule has 24 heavy (non-hydrogen) atoms. The van der Waals surface area contributed by atoms with Gasteiger partial charge in [-0.15, -0.1) is 5.06 Å². The van der Waals surface area contributed by atoms with Gasteiger partial charge in [0.2, 0.25) is 0 Å². The van der Waals surface area contributed by atoms with Gasteiger partial charge in [0.15, 0.2) is 0 Å². The molecule has 130 valence electrons. The molecule has 0 radical (unpaired) electrons. The van der Waals surface area contributed by atoms with Crippen molar-refractivity contribution in [3.63, 3.8) is 0 Å². The number of nitrogens with zero attached hydrogens (tertiary/aromatic N) is 1. The lowest BCUT2D eigenvalue weighted by molar-refractivity contribution is -0.0719. The lowest BCUT2D eigenvalue weighted by Gasteiger charge is -2.32. The maximum absolute atomic E-state index is 5.97. The molecule has 0 amide bonds. The van der Waals surface area contributed by atoms with Crippen molar-refractivity contribution in [2.45, 2.75) is 58.2 Å². The molecule has 2 saturated heterocycles. The maximum Gasteiger partial charge on any atom is 0.487 e. The predicted molar refractivity (Wildman–Crippen MR) is 97.6 cm³/mol. The van der Waals surface area contributed by atoms with Crippen LogP contribution in [0.15, 0.2) is 30.2 Å². The molecule has 3 rings (SSSR count). The van der Waals surface area contributed by atoms with Crippen LogP contribution in [0, 0.1) is 0 Å². The number of benzene rings is 1. The van der Waals surface area contributed by atoms with E-state index in [9.17, 15) is 0 Å². The molecule has 1 aromatic carbocycles. The minimum atomic E-state index is -0.306.